The zero-order valence-corrected chi connectivity index (χ0v) is 11.5. The lowest BCUT2D eigenvalue weighted by atomic mass is 9.88. The average molecular weight is 281 g/mol. The van der Waals surface area contributed by atoms with Crippen molar-refractivity contribution in [3.8, 4) is 0 Å². The van der Waals surface area contributed by atoms with Crippen molar-refractivity contribution in [2.45, 2.75) is 20.8 Å². The highest BCUT2D eigenvalue weighted by Crippen LogP contribution is 2.32. The van der Waals surface area contributed by atoms with Crippen LogP contribution in [0.1, 0.15) is 19.4 Å². The molecule has 0 aliphatic carbocycles. The number of benzene rings is 1. The third-order valence-electron chi connectivity index (χ3n) is 3.21. The number of halogens is 1. The first-order chi connectivity index (χ1) is 8.76. The van der Waals surface area contributed by atoms with Crippen molar-refractivity contribution in [1.29, 1.82) is 0 Å². The van der Waals surface area contributed by atoms with E-state index in [-0.39, 0.29) is 0 Å². The number of rotatable bonds is 1. The summed E-state index contributed by atoms with van der Waals surface area (Å²) >= 11 is 5.99. The topological polar surface area (TPSA) is 66.5 Å². The minimum absolute atomic E-state index is 0.385. The Morgan fingerprint density at radius 3 is 2.47 bits per heavy atom. The molecule has 0 saturated carbocycles. The molecule has 1 N–H and O–H groups in total. The van der Waals surface area contributed by atoms with Crippen molar-refractivity contribution in [3.63, 3.8) is 0 Å². The van der Waals surface area contributed by atoms with Crippen LogP contribution in [0.15, 0.2) is 18.2 Å². The molecule has 0 unspecified atom stereocenters. The maximum atomic E-state index is 12.3. The number of hydrogen-bond acceptors (Lipinski definition) is 3. The number of nitrogens with one attached hydrogen (secondary N) is 1. The van der Waals surface area contributed by atoms with Crippen LogP contribution >= 0.6 is 11.6 Å². The molecule has 1 heterocycles. The van der Waals surface area contributed by atoms with Crippen LogP contribution in [0, 0.1) is 12.3 Å². The predicted octanol–water partition coefficient (Wildman–Crippen LogP) is 2.26. The lowest BCUT2D eigenvalue weighted by Gasteiger charge is -2.35. The van der Waals surface area contributed by atoms with Gasteiger partial charge in [-0.05, 0) is 38.5 Å². The van der Waals surface area contributed by atoms with Gasteiger partial charge in [-0.25, -0.2) is 9.69 Å². The molecule has 19 heavy (non-hydrogen) atoms. The minimum atomic E-state index is -1.29. The van der Waals surface area contributed by atoms with E-state index >= 15 is 0 Å². The number of carbonyl (C=O) groups excluding carboxylic acids is 3. The van der Waals surface area contributed by atoms with Crippen molar-refractivity contribution in [3.05, 3.63) is 28.8 Å². The second-order valence-corrected chi connectivity index (χ2v) is 5.32. The molecule has 1 aromatic carbocycles. The maximum Gasteiger partial charge on any atom is 0.335 e. The van der Waals surface area contributed by atoms with Gasteiger partial charge < -0.3 is 0 Å². The van der Waals surface area contributed by atoms with Gasteiger partial charge in [0.1, 0.15) is 5.41 Å². The number of urea groups is 1. The lowest BCUT2D eigenvalue weighted by Crippen LogP contribution is -2.62. The van der Waals surface area contributed by atoms with Crippen LogP contribution in [0.3, 0.4) is 0 Å². The number of nitrogens with zero attached hydrogens (tertiary/aromatic N) is 1. The number of hydrogen-bond donors (Lipinski definition) is 1. The van der Waals surface area contributed by atoms with Crippen molar-refractivity contribution >= 4 is 35.1 Å². The fourth-order valence-corrected chi connectivity index (χ4v) is 2.00. The van der Waals surface area contributed by atoms with Gasteiger partial charge in [-0.15, -0.1) is 0 Å². The van der Waals surface area contributed by atoms with Crippen molar-refractivity contribution in [1.82, 2.24) is 5.32 Å². The Morgan fingerprint density at radius 1 is 1.21 bits per heavy atom. The van der Waals surface area contributed by atoms with E-state index in [0.717, 1.165) is 4.90 Å². The molecule has 100 valence electrons. The Labute approximate surface area is 115 Å². The Balaban J connectivity index is 2.55. The van der Waals surface area contributed by atoms with Gasteiger partial charge in [-0.2, -0.15) is 0 Å². The van der Waals surface area contributed by atoms with Crippen LogP contribution in [0.25, 0.3) is 0 Å². The highest BCUT2D eigenvalue weighted by atomic mass is 35.5. The molecule has 2 rings (SSSR count). The minimum Gasteiger partial charge on any atom is -0.276 e. The standard InChI is InChI=1S/C13H13ClN2O3/c1-7-8(14)5-4-6-9(7)16-11(18)13(2,3)10(17)15-12(16)19/h4-6H,1-3H3,(H,15,17,19). The quantitative estimate of drug-likeness (QED) is 0.803. The van der Waals surface area contributed by atoms with E-state index in [1.165, 1.54) is 13.8 Å². The monoisotopic (exact) mass is 280 g/mol. The fourth-order valence-electron chi connectivity index (χ4n) is 1.84. The molecule has 0 spiro atoms. The highest BCUT2D eigenvalue weighted by molar-refractivity contribution is 6.33. The highest BCUT2D eigenvalue weighted by Gasteiger charge is 2.47. The zero-order valence-electron chi connectivity index (χ0n) is 10.8. The van der Waals surface area contributed by atoms with Gasteiger partial charge in [0.15, 0.2) is 0 Å². The molecule has 1 aromatic rings. The summed E-state index contributed by atoms with van der Waals surface area (Å²) in [4.78, 5) is 36.9. The van der Waals surface area contributed by atoms with E-state index in [4.69, 9.17) is 11.6 Å². The molecule has 1 aliphatic heterocycles. The maximum absolute atomic E-state index is 12.3. The molecule has 1 saturated heterocycles. The van der Waals surface area contributed by atoms with Gasteiger partial charge in [0.25, 0.3) is 0 Å². The summed E-state index contributed by atoms with van der Waals surface area (Å²) in [5.74, 6) is -1.16. The number of anilines is 1. The fraction of sp³-hybridized carbons (Fsp3) is 0.308. The van der Waals surface area contributed by atoms with E-state index in [1.807, 2.05) is 0 Å². The van der Waals surface area contributed by atoms with Crippen LogP contribution < -0.4 is 10.2 Å². The summed E-state index contributed by atoms with van der Waals surface area (Å²) in [5.41, 5.74) is -0.295. The van der Waals surface area contributed by atoms with Gasteiger partial charge in [0.05, 0.1) is 5.69 Å². The molecule has 0 atom stereocenters. The second kappa shape index (κ2) is 4.35. The summed E-state index contributed by atoms with van der Waals surface area (Å²) < 4.78 is 0. The molecule has 1 aliphatic rings. The van der Waals surface area contributed by atoms with Crippen LogP contribution in [0.2, 0.25) is 5.02 Å². The molecule has 0 bridgehead atoms. The molecule has 0 radical (unpaired) electrons. The normalized spacial score (nSPS) is 18.5. The Bertz CT molecular complexity index is 596. The molecule has 1 fully saturated rings. The number of amides is 4. The second-order valence-electron chi connectivity index (χ2n) is 4.91. The van der Waals surface area contributed by atoms with Gasteiger partial charge in [0.2, 0.25) is 11.8 Å². The third kappa shape index (κ3) is 2.00. The third-order valence-corrected chi connectivity index (χ3v) is 3.62. The molecule has 4 amide bonds. The van der Waals surface area contributed by atoms with Gasteiger partial charge >= 0.3 is 6.03 Å². The molecular formula is C13H13ClN2O3. The Hall–Kier alpha value is -1.88. The zero-order chi connectivity index (χ0) is 14.4. The van der Waals surface area contributed by atoms with E-state index < -0.39 is 23.3 Å². The molecule has 0 aromatic heterocycles. The van der Waals surface area contributed by atoms with E-state index in [1.54, 1.807) is 25.1 Å². The predicted molar refractivity (Wildman–Crippen MR) is 71.0 cm³/mol. The summed E-state index contributed by atoms with van der Waals surface area (Å²) in [5, 5.41) is 2.63. The average Bonchev–Trinajstić information content (AvgIpc) is 2.33. The SMILES string of the molecule is Cc1c(Cl)cccc1N1C(=O)NC(=O)C(C)(C)C1=O. The van der Waals surface area contributed by atoms with Crippen LogP contribution in [-0.4, -0.2) is 17.8 Å². The summed E-state index contributed by atoms with van der Waals surface area (Å²) in [6.07, 6.45) is 0. The van der Waals surface area contributed by atoms with E-state index in [0.29, 0.717) is 16.3 Å². The molecule has 5 nitrogen and oxygen atoms in total. The Kier molecular flexibility index (Phi) is 3.10. The van der Waals surface area contributed by atoms with Crippen molar-refractivity contribution < 1.29 is 14.4 Å². The number of carbonyl (C=O) groups is 3. The van der Waals surface area contributed by atoms with Gasteiger partial charge in [0, 0.05) is 5.02 Å². The summed E-state index contributed by atoms with van der Waals surface area (Å²) in [6.45, 7) is 4.66. The summed E-state index contributed by atoms with van der Waals surface area (Å²) in [6, 6.07) is 4.18. The molecule has 6 heteroatoms. The lowest BCUT2D eigenvalue weighted by molar-refractivity contribution is -0.140. The van der Waals surface area contributed by atoms with Crippen LogP contribution in [0.4, 0.5) is 10.5 Å². The largest absolute Gasteiger partial charge is 0.335 e. The first kappa shape index (κ1) is 13.5. The van der Waals surface area contributed by atoms with Gasteiger partial charge in [-0.1, -0.05) is 17.7 Å². The van der Waals surface area contributed by atoms with Crippen molar-refractivity contribution in [2.24, 2.45) is 5.41 Å². The first-order valence-electron chi connectivity index (χ1n) is 5.72. The first-order valence-corrected chi connectivity index (χ1v) is 6.09. The van der Waals surface area contributed by atoms with Crippen molar-refractivity contribution in [2.75, 3.05) is 4.90 Å². The number of barbiturate groups is 1. The molecular weight excluding hydrogens is 268 g/mol. The van der Waals surface area contributed by atoms with Gasteiger partial charge in [-0.3, -0.25) is 14.9 Å². The van der Waals surface area contributed by atoms with Crippen LogP contribution in [-0.2, 0) is 9.59 Å². The summed E-state index contributed by atoms with van der Waals surface area (Å²) in [7, 11) is 0. The number of imide groups is 2. The van der Waals surface area contributed by atoms with Crippen LogP contribution in [0.5, 0.6) is 0 Å². The Morgan fingerprint density at radius 2 is 1.84 bits per heavy atom. The van der Waals surface area contributed by atoms with E-state index in [2.05, 4.69) is 5.32 Å². The smallest absolute Gasteiger partial charge is 0.276 e. The van der Waals surface area contributed by atoms with E-state index in [9.17, 15) is 14.4 Å².